The summed E-state index contributed by atoms with van der Waals surface area (Å²) in [6.07, 6.45) is 1.36. The molecule has 0 radical (unpaired) electrons. The van der Waals surface area contributed by atoms with Gasteiger partial charge in [0.05, 0.1) is 0 Å². The molecule has 0 aliphatic carbocycles. The van der Waals surface area contributed by atoms with Crippen LogP contribution in [0.3, 0.4) is 0 Å². The number of rotatable bonds is 7. The molecule has 0 atom stereocenters. The summed E-state index contributed by atoms with van der Waals surface area (Å²) in [7, 11) is 3.47. The van der Waals surface area contributed by atoms with Crippen molar-refractivity contribution in [3.05, 3.63) is 35.4 Å². The van der Waals surface area contributed by atoms with Crippen molar-refractivity contribution in [1.82, 2.24) is 16.0 Å². The van der Waals surface area contributed by atoms with Gasteiger partial charge in [-0.3, -0.25) is 9.59 Å². The molecule has 0 aliphatic heterocycles. The van der Waals surface area contributed by atoms with Crippen LogP contribution in [0.4, 0.5) is 0 Å². The van der Waals surface area contributed by atoms with E-state index in [-0.39, 0.29) is 11.8 Å². The molecule has 0 saturated heterocycles. The van der Waals surface area contributed by atoms with Crippen LogP contribution in [0.25, 0.3) is 0 Å². The van der Waals surface area contributed by atoms with Gasteiger partial charge in [0.25, 0.3) is 5.91 Å². The molecule has 104 valence electrons. The number of hydrogen-bond acceptors (Lipinski definition) is 3. The Hall–Kier alpha value is -1.88. The summed E-state index contributed by atoms with van der Waals surface area (Å²) in [5.74, 6) is -0.0618. The average molecular weight is 263 g/mol. The first kappa shape index (κ1) is 15.2. The van der Waals surface area contributed by atoms with Crippen LogP contribution in [-0.4, -0.2) is 32.5 Å². The van der Waals surface area contributed by atoms with Gasteiger partial charge in [0.2, 0.25) is 5.91 Å². The maximum atomic E-state index is 11.5. The third kappa shape index (κ3) is 5.52. The summed E-state index contributed by atoms with van der Waals surface area (Å²) in [6.45, 7) is 1.33. The van der Waals surface area contributed by atoms with Crippen molar-refractivity contribution in [1.29, 1.82) is 0 Å². The third-order valence-electron chi connectivity index (χ3n) is 2.76. The molecule has 0 spiro atoms. The highest BCUT2D eigenvalue weighted by Crippen LogP contribution is 2.04. The zero-order valence-corrected chi connectivity index (χ0v) is 11.5. The Morgan fingerprint density at radius 1 is 1.11 bits per heavy atom. The normalized spacial score (nSPS) is 10.0. The summed E-state index contributed by atoms with van der Waals surface area (Å²) in [5.41, 5.74) is 1.60. The molecule has 1 rings (SSSR count). The van der Waals surface area contributed by atoms with Gasteiger partial charge in [0.15, 0.2) is 0 Å². The summed E-state index contributed by atoms with van der Waals surface area (Å²) in [6, 6.07) is 7.19. The molecule has 1 aromatic rings. The molecule has 19 heavy (non-hydrogen) atoms. The van der Waals surface area contributed by atoms with E-state index in [2.05, 4.69) is 16.0 Å². The minimum Gasteiger partial charge on any atom is -0.355 e. The quantitative estimate of drug-likeness (QED) is 0.633. The smallest absolute Gasteiger partial charge is 0.251 e. The van der Waals surface area contributed by atoms with E-state index in [0.717, 1.165) is 18.5 Å². The lowest BCUT2D eigenvalue weighted by Gasteiger charge is -2.06. The van der Waals surface area contributed by atoms with Gasteiger partial charge < -0.3 is 16.0 Å². The molecule has 0 aliphatic rings. The molecular formula is C14H21N3O2. The largest absolute Gasteiger partial charge is 0.355 e. The Morgan fingerprint density at radius 2 is 1.79 bits per heavy atom. The van der Waals surface area contributed by atoms with Gasteiger partial charge in [0.1, 0.15) is 0 Å². The van der Waals surface area contributed by atoms with Crippen LogP contribution in [0.5, 0.6) is 0 Å². The van der Waals surface area contributed by atoms with Crippen molar-refractivity contribution < 1.29 is 9.59 Å². The van der Waals surface area contributed by atoms with Crippen LogP contribution in [0, 0.1) is 0 Å². The number of benzene rings is 1. The number of nitrogens with one attached hydrogen (secondary N) is 3. The maximum absolute atomic E-state index is 11.5. The van der Waals surface area contributed by atoms with Crippen LogP contribution in [0.2, 0.25) is 0 Å². The van der Waals surface area contributed by atoms with E-state index in [0.29, 0.717) is 18.5 Å². The van der Waals surface area contributed by atoms with Gasteiger partial charge in [-0.25, -0.2) is 0 Å². The molecule has 0 bridgehead atoms. The topological polar surface area (TPSA) is 70.2 Å². The second-order valence-corrected chi connectivity index (χ2v) is 4.26. The lowest BCUT2D eigenvalue weighted by molar-refractivity contribution is -0.121. The minimum absolute atomic E-state index is 0.0469. The summed E-state index contributed by atoms with van der Waals surface area (Å²) in [4.78, 5) is 22.9. The zero-order valence-electron chi connectivity index (χ0n) is 11.5. The molecule has 0 saturated carbocycles. The minimum atomic E-state index is -0.109. The van der Waals surface area contributed by atoms with Crippen LogP contribution in [-0.2, 0) is 11.3 Å². The highest BCUT2D eigenvalue weighted by molar-refractivity contribution is 5.93. The molecule has 0 heterocycles. The van der Waals surface area contributed by atoms with Gasteiger partial charge in [-0.1, -0.05) is 12.1 Å². The predicted molar refractivity (Wildman–Crippen MR) is 74.8 cm³/mol. The zero-order chi connectivity index (χ0) is 14.1. The van der Waals surface area contributed by atoms with Gasteiger partial charge >= 0.3 is 0 Å². The van der Waals surface area contributed by atoms with Gasteiger partial charge in [-0.05, 0) is 37.7 Å². The predicted octanol–water partition coefficient (Wildman–Crippen LogP) is 0.662. The Morgan fingerprint density at radius 3 is 2.37 bits per heavy atom. The number of carbonyl (C=O) groups excluding carboxylic acids is 2. The molecule has 5 nitrogen and oxygen atoms in total. The van der Waals surface area contributed by atoms with Crippen molar-refractivity contribution in [3.8, 4) is 0 Å². The fraction of sp³-hybridized carbons (Fsp3) is 0.429. The van der Waals surface area contributed by atoms with Crippen molar-refractivity contribution in [2.24, 2.45) is 0 Å². The second kappa shape index (κ2) is 8.26. The lowest BCUT2D eigenvalue weighted by atomic mass is 10.1. The van der Waals surface area contributed by atoms with E-state index in [9.17, 15) is 9.59 Å². The Balaban J connectivity index is 2.37. The van der Waals surface area contributed by atoms with Crippen molar-refractivity contribution in [2.75, 3.05) is 20.6 Å². The molecule has 5 heteroatoms. The van der Waals surface area contributed by atoms with Crippen molar-refractivity contribution in [2.45, 2.75) is 19.4 Å². The third-order valence-corrected chi connectivity index (χ3v) is 2.76. The van der Waals surface area contributed by atoms with Crippen LogP contribution < -0.4 is 16.0 Å². The molecule has 0 unspecified atom stereocenters. The van der Waals surface area contributed by atoms with E-state index < -0.39 is 0 Å². The Bertz CT molecular complexity index is 415. The van der Waals surface area contributed by atoms with Crippen LogP contribution in [0.15, 0.2) is 24.3 Å². The molecule has 1 aromatic carbocycles. The van der Waals surface area contributed by atoms with Crippen molar-refractivity contribution in [3.63, 3.8) is 0 Å². The van der Waals surface area contributed by atoms with E-state index in [1.807, 2.05) is 19.2 Å². The fourth-order valence-corrected chi connectivity index (χ4v) is 1.63. The summed E-state index contributed by atoms with van der Waals surface area (Å²) in [5, 5.41) is 8.42. The molecule has 0 fully saturated rings. The highest BCUT2D eigenvalue weighted by Gasteiger charge is 2.03. The van der Waals surface area contributed by atoms with Crippen molar-refractivity contribution >= 4 is 11.8 Å². The molecular weight excluding hydrogens is 242 g/mol. The monoisotopic (exact) mass is 263 g/mol. The van der Waals surface area contributed by atoms with E-state index >= 15 is 0 Å². The SMILES string of the molecule is CNCCCC(=O)NCc1ccc(C(=O)NC)cc1. The van der Waals surface area contributed by atoms with Gasteiger partial charge in [-0.15, -0.1) is 0 Å². The second-order valence-electron chi connectivity index (χ2n) is 4.26. The number of hydrogen-bond donors (Lipinski definition) is 3. The lowest BCUT2D eigenvalue weighted by Crippen LogP contribution is -2.23. The molecule has 2 amide bonds. The Kier molecular flexibility index (Phi) is 6.60. The Labute approximate surface area is 113 Å². The first-order valence-electron chi connectivity index (χ1n) is 6.39. The summed E-state index contributed by atoms with van der Waals surface area (Å²) >= 11 is 0. The van der Waals surface area contributed by atoms with Crippen LogP contribution in [0.1, 0.15) is 28.8 Å². The van der Waals surface area contributed by atoms with E-state index in [1.165, 1.54) is 0 Å². The highest BCUT2D eigenvalue weighted by atomic mass is 16.2. The fourth-order valence-electron chi connectivity index (χ4n) is 1.63. The number of carbonyl (C=O) groups is 2. The molecule has 0 aromatic heterocycles. The first-order valence-corrected chi connectivity index (χ1v) is 6.39. The maximum Gasteiger partial charge on any atom is 0.251 e. The van der Waals surface area contributed by atoms with Crippen LogP contribution >= 0.6 is 0 Å². The molecule has 3 N–H and O–H groups in total. The van der Waals surface area contributed by atoms with E-state index in [1.54, 1.807) is 19.2 Å². The van der Waals surface area contributed by atoms with Gasteiger partial charge in [-0.2, -0.15) is 0 Å². The van der Waals surface area contributed by atoms with Gasteiger partial charge in [0, 0.05) is 25.6 Å². The summed E-state index contributed by atoms with van der Waals surface area (Å²) < 4.78 is 0. The average Bonchev–Trinajstić information content (AvgIpc) is 2.45. The van der Waals surface area contributed by atoms with E-state index in [4.69, 9.17) is 0 Å². The first-order chi connectivity index (χ1) is 9.17. The standard InChI is InChI=1S/C14H21N3O2/c1-15-9-3-4-13(18)17-10-11-5-7-12(8-6-11)14(19)16-2/h5-8,15H,3-4,9-10H2,1-2H3,(H,16,19)(H,17,18). The number of amides is 2.